The van der Waals surface area contributed by atoms with Gasteiger partial charge in [-0.05, 0) is 67.6 Å². The van der Waals surface area contributed by atoms with Gasteiger partial charge in [0.2, 0.25) is 0 Å². The van der Waals surface area contributed by atoms with Crippen molar-refractivity contribution in [3.05, 3.63) is 0 Å². The van der Waals surface area contributed by atoms with Crippen LogP contribution >= 0.6 is 0 Å². The molecule has 0 aliphatic heterocycles. The highest BCUT2D eigenvalue weighted by atomic mass is 19.1. The van der Waals surface area contributed by atoms with Crippen molar-refractivity contribution in [1.29, 1.82) is 0 Å². The molecular formula is C19H29FO. The first kappa shape index (κ1) is 14.2. The fraction of sp³-hybridized carbons (Fsp3) is 0.947. The molecule has 7 unspecified atom stereocenters. The zero-order chi connectivity index (χ0) is 14.8. The number of carbonyl (C=O) groups is 1. The summed E-state index contributed by atoms with van der Waals surface area (Å²) in [5.74, 6) is 2.40. The number of hydrogen-bond acceptors (Lipinski definition) is 1. The van der Waals surface area contributed by atoms with Crippen LogP contribution in [0.3, 0.4) is 0 Å². The Labute approximate surface area is 128 Å². The Balaban J connectivity index is 1.69. The number of ketones is 1. The van der Waals surface area contributed by atoms with Crippen LogP contribution in [0.5, 0.6) is 0 Å². The minimum absolute atomic E-state index is 0.112. The second kappa shape index (κ2) is 4.55. The minimum Gasteiger partial charge on any atom is -0.299 e. The molecule has 0 radical (unpaired) electrons. The van der Waals surface area contributed by atoms with Gasteiger partial charge in [0.15, 0.2) is 0 Å². The molecule has 4 saturated carbocycles. The van der Waals surface area contributed by atoms with Crippen LogP contribution in [0.15, 0.2) is 0 Å². The largest absolute Gasteiger partial charge is 0.299 e. The molecule has 118 valence electrons. The van der Waals surface area contributed by atoms with Gasteiger partial charge in [0.25, 0.3) is 0 Å². The van der Waals surface area contributed by atoms with Crippen LogP contribution in [0, 0.1) is 34.5 Å². The summed E-state index contributed by atoms with van der Waals surface area (Å²) in [7, 11) is 0. The van der Waals surface area contributed by atoms with Gasteiger partial charge in [-0.15, -0.1) is 0 Å². The summed E-state index contributed by atoms with van der Waals surface area (Å²) >= 11 is 0. The van der Waals surface area contributed by atoms with Gasteiger partial charge in [0.05, 0.1) is 0 Å². The van der Waals surface area contributed by atoms with Gasteiger partial charge in [0, 0.05) is 11.8 Å². The maximum Gasteiger partial charge on any atom is 0.139 e. The van der Waals surface area contributed by atoms with Crippen LogP contribution in [0.4, 0.5) is 4.39 Å². The Bertz CT molecular complexity index is 460. The first-order valence-electron chi connectivity index (χ1n) is 9.14. The third kappa shape index (κ3) is 1.77. The van der Waals surface area contributed by atoms with E-state index in [4.69, 9.17) is 0 Å². The van der Waals surface area contributed by atoms with Gasteiger partial charge in [-0.2, -0.15) is 0 Å². The maximum atomic E-state index is 14.9. The van der Waals surface area contributed by atoms with Crippen LogP contribution in [-0.2, 0) is 4.79 Å². The van der Waals surface area contributed by atoms with E-state index in [2.05, 4.69) is 13.8 Å². The normalized spacial score (nSPS) is 56.5. The fourth-order valence-corrected chi connectivity index (χ4v) is 7.07. The Morgan fingerprint density at radius 2 is 1.81 bits per heavy atom. The first-order valence-corrected chi connectivity index (χ1v) is 9.14. The zero-order valence-electron chi connectivity index (χ0n) is 13.5. The van der Waals surface area contributed by atoms with Crippen molar-refractivity contribution in [3.8, 4) is 0 Å². The van der Waals surface area contributed by atoms with Crippen molar-refractivity contribution in [2.45, 2.75) is 77.8 Å². The second-order valence-corrected chi connectivity index (χ2v) is 8.90. The number of alkyl halides is 1. The molecule has 21 heavy (non-hydrogen) atoms. The summed E-state index contributed by atoms with van der Waals surface area (Å²) in [5.41, 5.74) is 0.103. The van der Waals surface area contributed by atoms with E-state index in [9.17, 15) is 9.18 Å². The number of Topliss-reactive ketones (excluding diaryl/α,β-unsaturated/α-hetero) is 1. The van der Waals surface area contributed by atoms with Crippen molar-refractivity contribution in [2.75, 3.05) is 0 Å². The van der Waals surface area contributed by atoms with E-state index < -0.39 is 6.17 Å². The quantitative estimate of drug-likeness (QED) is 0.618. The molecule has 0 aromatic rings. The fourth-order valence-electron chi connectivity index (χ4n) is 7.07. The Morgan fingerprint density at radius 3 is 2.62 bits per heavy atom. The summed E-state index contributed by atoms with van der Waals surface area (Å²) in [6, 6.07) is 0. The summed E-state index contributed by atoms with van der Waals surface area (Å²) in [6.07, 6.45) is 8.97. The standard InChI is InChI=1S/C19H29FO/c1-18-9-4-3-5-15(18)16(20)11-12-13-6-7-17(21)19(13,2)10-8-14(12)18/h12-16H,3-11H2,1-2H3. The van der Waals surface area contributed by atoms with Gasteiger partial charge >= 0.3 is 0 Å². The van der Waals surface area contributed by atoms with Crippen LogP contribution in [0.2, 0.25) is 0 Å². The number of halogens is 1. The average molecular weight is 292 g/mol. The van der Waals surface area contributed by atoms with Crippen LogP contribution in [0.1, 0.15) is 71.6 Å². The molecule has 0 N–H and O–H groups in total. The van der Waals surface area contributed by atoms with Crippen LogP contribution in [0.25, 0.3) is 0 Å². The zero-order valence-corrected chi connectivity index (χ0v) is 13.5. The molecule has 0 spiro atoms. The molecule has 0 aromatic carbocycles. The molecule has 4 rings (SSSR count). The van der Waals surface area contributed by atoms with Gasteiger partial charge in [-0.25, -0.2) is 4.39 Å². The lowest BCUT2D eigenvalue weighted by atomic mass is 9.45. The first-order chi connectivity index (χ1) is 9.97. The number of carbonyl (C=O) groups excluding carboxylic acids is 1. The lowest BCUT2D eigenvalue weighted by Gasteiger charge is -2.60. The van der Waals surface area contributed by atoms with Crippen LogP contribution < -0.4 is 0 Å². The number of rotatable bonds is 0. The molecule has 1 nitrogen and oxygen atoms in total. The van der Waals surface area contributed by atoms with E-state index in [0.29, 0.717) is 29.5 Å². The highest BCUT2D eigenvalue weighted by Gasteiger charge is 2.61. The van der Waals surface area contributed by atoms with Gasteiger partial charge in [-0.1, -0.05) is 26.7 Å². The monoisotopic (exact) mass is 292 g/mol. The summed E-state index contributed by atoms with van der Waals surface area (Å²) in [4.78, 5) is 12.4. The molecule has 4 aliphatic carbocycles. The molecule has 0 saturated heterocycles. The van der Waals surface area contributed by atoms with Gasteiger partial charge in [-0.3, -0.25) is 4.79 Å². The van der Waals surface area contributed by atoms with E-state index in [0.717, 1.165) is 32.1 Å². The molecule has 4 fully saturated rings. The van der Waals surface area contributed by atoms with Crippen molar-refractivity contribution in [3.63, 3.8) is 0 Å². The van der Waals surface area contributed by atoms with Gasteiger partial charge < -0.3 is 0 Å². The van der Waals surface area contributed by atoms with E-state index in [1.165, 1.54) is 25.7 Å². The average Bonchev–Trinajstić information content (AvgIpc) is 2.75. The smallest absolute Gasteiger partial charge is 0.139 e. The Kier molecular flexibility index (Phi) is 3.08. The molecule has 7 atom stereocenters. The predicted octanol–water partition coefficient (Wildman–Crippen LogP) is 4.94. The third-order valence-corrected chi connectivity index (χ3v) is 8.25. The highest BCUT2D eigenvalue weighted by molar-refractivity contribution is 5.87. The molecule has 4 aliphatic rings. The minimum atomic E-state index is -0.616. The van der Waals surface area contributed by atoms with Crippen molar-refractivity contribution >= 4 is 5.78 Å². The lowest BCUT2D eigenvalue weighted by Crippen LogP contribution is -2.56. The molecular weight excluding hydrogens is 263 g/mol. The topological polar surface area (TPSA) is 17.1 Å². The van der Waals surface area contributed by atoms with Gasteiger partial charge in [0.1, 0.15) is 12.0 Å². The van der Waals surface area contributed by atoms with Crippen molar-refractivity contribution < 1.29 is 9.18 Å². The summed E-state index contributed by atoms with van der Waals surface area (Å²) in [5, 5.41) is 0. The van der Waals surface area contributed by atoms with E-state index in [1.807, 2.05) is 0 Å². The van der Waals surface area contributed by atoms with E-state index >= 15 is 0 Å². The summed E-state index contributed by atoms with van der Waals surface area (Å²) < 4.78 is 14.9. The molecule has 0 heterocycles. The Hall–Kier alpha value is -0.400. The Morgan fingerprint density at radius 1 is 1.00 bits per heavy atom. The lowest BCUT2D eigenvalue weighted by molar-refractivity contribution is -0.148. The van der Waals surface area contributed by atoms with Crippen molar-refractivity contribution in [2.24, 2.45) is 34.5 Å². The maximum absolute atomic E-state index is 14.9. The second-order valence-electron chi connectivity index (χ2n) is 8.90. The predicted molar refractivity (Wildman–Crippen MR) is 81.6 cm³/mol. The van der Waals surface area contributed by atoms with E-state index in [-0.39, 0.29) is 10.8 Å². The SMILES string of the molecule is CC12CCC3C(CC(F)C4CCCCC43C)C1CCC2=O. The molecule has 0 aromatic heterocycles. The molecule has 2 heteroatoms. The van der Waals surface area contributed by atoms with Crippen LogP contribution in [-0.4, -0.2) is 12.0 Å². The number of fused-ring (bicyclic) bond motifs is 5. The molecule has 0 bridgehead atoms. The highest BCUT2D eigenvalue weighted by Crippen LogP contribution is 2.65. The third-order valence-electron chi connectivity index (χ3n) is 8.25. The van der Waals surface area contributed by atoms with Crippen molar-refractivity contribution in [1.82, 2.24) is 0 Å². The summed E-state index contributed by atoms with van der Waals surface area (Å²) in [6.45, 7) is 4.57. The van der Waals surface area contributed by atoms with E-state index in [1.54, 1.807) is 0 Å². The molecule has 0 amide bonds. The number of hydrogen-bond donors (Lipinski definition) is 0.